The number of para-hydroxylation sites is 1. The fraction of sp³-hybridized carbons (Fsp3) is 0.588. The predicted octanol–water partition coefficient (Wildman–Crippen LogP) is 2.75. The molecule has 1 aliphatic rings. The van der Waals surface area contributed by atoms with Gasteiger partial charge in [0.25, 0.3) is 5.91 Å². The topological polar surface area (TPSA) is 41.6 Å². The molecule has 1 amide bonds. The summed E-state index contributed by atoms with van der Waals surface area (Å²) in [6, 6.07) is 8.27. The zero-order valence-electron chi connectivity index (χ0n) is 13.1. The second-order valence-corrected chi connectivity index (χ2v) is 5.43. The molecule has 0 aliphatic carbocycles. The van der Waals surface area contributed by atoms with Crippen LogP contribution in [0.4, 0.5) is 0 Å². The summed E-state index contributed by atoms with van der Waals surface area (Å²) >= 11 is 0. The Balaban J connectivity index is 2.00. The molecule has 0 saturated carbocycles. The lowest BCUT2D eigenvalue weighted by atomic mass is 10.0. The molecule has 4 nitrogen and oxygen atoms in total. The largest absolute Gasteiger partial charge is 0.483 e. The van der Waals surface area contributed by atoms with Crippen LogP contribution in [0.5, 0.6) is 5.75 Å². The minimum absolute atomic E-state index is 0.0961. The second-order valence-electron chi connectivity index (χ2n) is 5.43. The van der Waals surface area contributed by atoms with E-state index >= 15 is 0 Å². The van der Waals surface area contributed by atoms with E-state index in [-0.39, 0.29) is 18.6 Å². The summed E-state index contributed by atoms with van der Waals surface area (Å²) in [5.41, 5.74) is 1.14. The Morgan fingerprint density at radius 2 is 2.00 bits per heavy atom. The van der Waals surface area contributed by atoms with E-state index in [0.29, 0.717) is 0 Å². The average Bonchev–Trinajstić information content (AvgIpc) is 3.05. The molecule has 1 unspecified atom stereocenters. The molecular weight excluding hydrogens is 264 g/mol. The molecule has 1 N–H and O–H groups in total. The lowest BCUT2D eigenvalue weighted by molar-refractivity contribution is -0.132. The highest BCUT2D eigenvalue weighted by molar-refractivity contribution is 5.78. The van der Waals surface area contributed by atoms with Crippen molar-refractivity contribution in [1.82, 2.24) is 10.2 Å². The van der Waals surface area contributed by atoms with Crippen LogP contribution in [-0.4, -0.2) is 37.0 Å². The molecule has 1 heterocycles. The zero-order valence-corrected chi connectivity index (χ0v) is 13.1. The van der Waals surface area contributed by atoms with Crippen molar-refractivity contribution in [3.05, 3.63) is 29.8 Å². The number of hydrogen-bond acceptors (Lipinski definition) is 3. The summed E-state index contributed by atoms with van der Waals surface area (Å²) in [6.07, 6.45) is 3.22. The summed E-state index contributed by atoms with van der Waals surface area (Å²) in [7, 11) is 0. The molecular formula is C17H26N2O2. The summed E-state index contributed by atoms with van der Waals surface area (Å²) < 4.78 is 5.81. The third kappa shape index (κ3) is 4.21. The average molecular weight is 290 g/mol. The van der Waals surface area contributed by atoms with Crippen LogP contribution in [0.3, 0.4) is 0 Å². The van der Waals surface area contributed by atoms with Gasteiger partial charge in [0.15, 0.2) is 6.61 Å². The van der Waals surface area contributed by atoms with Gasteiger partial charge in [0.2, 0.25) is 0 Å². The van der Waals surface area contributed by atoms with Crippen molar-refractivity contribution in [2.75, 3.05) is 26.2 Å². The molecule has 0 aromatic heterocycles. The number of carbonyl (C=O) groups is 1. The second kappa shape index (κ2) is 8.03. The molecule has 0 spiro atoms. The van der Waals surface area contributed by atoms with Crippen molar-refractivity contribution in [2.24, 2.45) is 0 Å². The number of nitrogens with zero attached hydrogens (tertiary/aromatic N) is 1. The van der Waals surface area contributed by atoms with Gasteiger partial charge in [0.1, 0.15) is 5.75 Å². The maximum atomic E-state index is 12.1. The molecule has 1 atom stereocenters. The third-order valence-corrected chi connectivity index (χ3v) is 3.96. The normalized spacial score (nSPS) is 16.0. The van der Waals surface area contributed by atoms with E-state index in [1.54, 1.807) is 0 Å². The van der Waals surface area contributed by atoms with Gasteiger partial charge in [-0.1, -0.05) is 32.0 Å². The molecule has 1 aromatic carbocycles. The molecule has 0 radical (unpaired) electrons. The smallest absolute Gasteiger partial charge is 0.260 e. The fourth-order valence-electron chi connectivity index (χ4n) is 2.82. The molecule has 0 bridgehead atoms. The van der Waals surface area contributed by atoms with Gasteiger partial charge in [-0.3, -0.25) is 4.79 Å². The lowest BCUT2D eigenvalue weighted by Crippen LogP contribution is -2.32. The molecule has 1 aromatic rings. The van der Waals surface area contributed by atoms with Gasteiger partial charge < -0.3 is 15.0 Å². The highest BCUT2D eigenvalue weighted by atomic mass is 16.5. The van der Waals surface area contributed by atoms with Crippen molar-refractivity contribution < 1.29 is 9.53 Å². The first-order chi connectivity index (χ1) is 10.3. The van der Waals surface area contributed by atoms with Gasteiger partial charge in [0.05, 0.1) is 0 Å². The van der Waals surface area contributed by atoms with E-state index in [9.17, 15) is 4.79 Å². The van der Waals surface area contributed by atoms with Crippen molar-refractivity contribution >= 4 is 5.91 Å². The number of ether oxygens (including phenoxy) is 1. The molecule has 1 saturated heterocycles. The molecule has 4 heteroatoms. The lowest BCUT2D eigenvalue weighted by Gasteiger charge is -2.21. The maximum absolute atomic E-state index is 12.1. The monoisotopic (exact) mass is 290 g/mol. The SMILES string of the molecule is CCNC(CC)c1ccccc1OCC(=O)N1CCCC1. The van der Waals surface area contributed by atoms with Crippen LogP contribution < -0.4 is 10.1 Å². The Bertz CT molecular complexity index is 456. The highest BCUT2D eigenvalue weighted by Crippen LogP contribution is 2.27. The zero-order chi connectivity index (χ0) is 15.1. The Labute approximate surface area is 127 Å². The Morgan fingerprint density at radius 1 is 1.29 bits per heavy atom. The highest BCUT2D eigenvalue weighted by Gasteiger charge is 2.19. The Morgan fingerprint density at radius 3 is 2.67 bits per heavy atom. The van der Waals surface area contributed by atoms with Crippen LogP contribution in [0.25, 0.3) is 0 Å². The molecule has 116 valence electrons. The minimum Gasteiger partial charge on any atom is -0.483 e. The number of amides is 1. The first-order valence-electron chi connectivity index (χ1n) is 7.99. The number of rotatable bonds is 7. The fourth-order valence-corrected chi connectivity index (χ4v) is 2.82. The Kier molecular flexibility index (Phi) is 6.05. The van der Waals surface area contributed by atoms with Gasteiger partial charge in [-0.15, -0.1) is 0 Å². The minimum atomic E-state index is 0.0961. The first kappa shape index (κ1) is 15.8. The number of carbonyl (C=O) groups excluding carboxylic acids is 1. The summed E-state index contributed by atoms with van der Waals surface area (Å²) in [6.45, 7) is 7.05. The van der Waals surface area contributed by atoms with E-state index in [0.717, 1.165) is 50.2 Å². The molecule has 2 rings (SSSR count). The Hall–Kier alpha value is -1.55. The standard InChI is InChI=1S/C17H26N2O2/c1-3-15(18-4-2)14-9-5-6-10-16(14)21-13-17(20)19-11-7-8-12-19/h5-6,9-10,15,18H,3-4,7-8,11-13H2,1-2H3. The van der Waals surface area contributed by atoms with Crippen molar-refractivity contribution in [1.29, 1.82) is 0 Å². The van der Waals surface area contributed by atoms with E-state index < -0.39 is 0 Å². The molecule has 1 fully saturated rings. The molecule has 1 aliphatic heterocycles. The predicted molar refractivity (Wildman–Crippen MR) is 84.5 cm³/mol. The van der Waals surface area contributed by atoms with Crippen LogP contribution >= 0.6 is 0 Å². The van der Waals surface area contributed by atoms with E-state index in [1.807, 2.05) is 23.1 Å². The van der Waals surface area contributed by atoms with Crippen LogP contribution in [0, 0.1) is 0 Å². The third-order valence-electron chi connectivity index (χ3n) is 3.96. The van der Waals surface area contributed by atoms with Crippen LogP contribution in [0.1, 0.15) is 44.7 Å². The number of hydrogen-bond donors (Lipinski definition) is 1. The van der Waals surface area contributed by atoms with Gasteiger partial charge >= 0.3 is 0 Å². The van der Waals surface area contributed by atoms with Crippen molar-refractivity contribution in [3.8, 4) is 5.75 Å². The first-order valence-corrected chi connectivity index (χ1v) is 7.99. The van der Waals surface area contributed by atoms with Gasteiger partial charge in [-0.05, 0) is 31.9 Å². The maximum Gasteiger partial charge on any atom is 0.260 e. The molecule has 21 heavy (non-hydrogen) atoms. The number of likely N-dealkylation sites (tertiary alicyclic amines) is 1. The number of nitrogens with one attached hydrogen (secondary N) is 1. The van der Waals surface area contributed by atoms with Crippen molar-refractivity contribution in [2.45, 2.75) is 39.2 Å². The summed E-state index contributed by atoms with van der Waals surface area (Å²) in [5.74, 6) is 0.914. The van der Waals surface area contributed by atoms with Gasteiger partial charge in [-0.25, -0.2) is 0 Å². The van der Waals surface area contributed by atoms with Gasteiger partial charge in [0, 0.05) is 24.7 Å². The van der Waals surface area contributed by atoms with E-state index in [4.69, 9.17) is 4.74 Å². The van der Waals surface area contributed by atoms with Crippen LogP contribution in [-0.2, 0) is 4.79 Å². The summed E-state index contributed by atoms with van der Waals surface area (Å²) in [5, 5.41) is 3.46. The van der Waals surface area contributed by atoms with E-state index in [2.05, 4.69) is 25.2 Å². The van der Waals surface area contributed by atoms with Crippen molar-refractivity contribution in [3.63, 3.8) is 0 Å². The van der Waals surface area contributed by atoms with Crippen LogP contribution in [0.15, 0.2) is 24.3 Å². The quantitative estimate of drug-likeness (QED) is 0.839. The number of benzene rings is 1. The van der Waals surface area contributed by atoms with Crippen LogP contribution in [0.2, 0.25) is 0 Å². The van der Waals surface area contributed by atoms with E-state index in [1.165, 1.54) is 0 Å². The van der Waals surface area contributed by atoms with Gasteiger partial charge in [-0.2, -0.15) is 0 Å². The summed E-state index contributed by atoms with van der Waals surface area (Å²) in [4.78, 5) is 14.0.